The van der Waals surface area contributed by atoms with Gasteiger partial charge in [-0.15, -0.1) is 0 Å². The molecule has 0 saturated carbocycles. The van der Waals surface area contributed by atoms with Crippen molar-refractivity contribution in [1.82, 2.24) is 0 Å². The summed E-state index contributed by atoms with van der Waals surface area (Å²) < 4.78 is 0. The number of hydrogen-bond donors (Lipinski definition) is 1. The Morgan fingerprint density at radius 2 is 2.07 bits per heavy atom. The minimum absolute atomic E-state index is 0.0322. The number of amides is 1. The van der Waals surface area contributed by atoms with E-state index in [1.54, 1.807) is 11.9 Å². The largest absolute Gasteiger partial charge is 0.396 e. The summed E-state index contributed by atoms with van der Waals surface area (Å²) in [5, 5.41) is 9.05. The lowest BCUT2D eigenvalue weighted by Crippen LogP contribution is -2.36. The van der Waals surface area contributed by atoms with E-state index in [2.05, 4.69) is 0 Å². The van der Waals surface area contributed by atoms with Crippen LogP contribution in [0, 0.1) is 0 Å². The quantitative estimate of drug-likeness (QED) is 0.790. The highest BCUT2D eigenvalue weighted by atomic mass is 16.3. The van der Waals surface area contributed by atoms with Crippen LogP contribution in [0.4, 0.5) is 5.69 Å². The molecule has 0 aliphatic carbocycles. The minimum atomic E-state index is -0.555. The van der Waals surface area contributed by atoms with E-state index in [4.69, 9.17) is 5.11 Å². The number of hydrogen-bond acceptors (Lipinski definition) is 2. The van der Waals surface area contributed by atoms with Gasteiger partial charge in [-0.3, -0.25) is 4.79 Å². The highest BCUT2D eigenvalue weighted by Gasteiger charge is 2.44. The van der Waals surface area contributed by atoms with Crippen molar-refractivity contribution < 1.29 is 9.90 Å². The van der Waals surface area contributed by atoms with Crippen LogP contribution in [0.2, 0.25) is 0 Å². The van der Waals surface area contributed by atoms with Crippen LogP contribution in [0.5, 0.6) is 0 Å². The predicted molar refractivity (Wildman–Crippen MR) is 58.9 cm³/mol. The minimum Gasteiger partial charge on any atom is -0.396 e. The number of likely N-dealkylation sites (N-methyl/N-ethyl adjacent to an activating group) is 1. The summed E-state index contributed by atoms with van der Waals surface area (Å²) in [7, 11) is 1.78. The van der Waals surface area contributed by atoms with Gasteiger partial charge in [0.2, 0.25) is 5.91 Å². The molecule has 2 rings (SSSR count). The number of carbonyl (C=O) groups excluding carboxylic acids is 1. The Bertz CT molecular complexity index is 402. The van der Waals surface area contributed by atoms with Crippen molar-refractivity contribution in [3.05, 3.63) is 29.8 Å². The van der Waals surface area contributed by atoms with E-state index in [1.165, 1.54) is 0 Å². The first-order chi connectivity index (χ1) is 7.11. The molecule has 80 valence electrons. The van der Waals surface area contributed by atoms with Gasteiger partial charge in [0.25, 0.3) is 0 Å². The third-order valence-electron chi connectivity index (χ3n) is 3.25. The van der Waals surface area contributed by atoms with E-state index in [0.29, 0.717) is 6.42 Å². The first-order valence-electron chi connectivity index (χ1n) is 5.10. The topological polar surface area (TPSA) is 40.5 Å². The van der Waals surface area contributed by atoms with E-state index < -0.39 is 5.41 Å². The summed E-state index contributed by atoms with van der Waals surface area (Å²) >= 11 is 0. The number of rotatable bonds is 2. The van der Waals surface area contributed by atoms with Gasteiger partial charge in [0, 0.05) is 19.3 Å². The normalized spacial score (nSPS) is 24.5. The maximum atomic E-state index is 12.1. The molecule has 1 N–H and O–H groups in total. The second-order valence-electron chi connectivity index (χ2n) is 4.19. The fraction of sp³-hybridized carbons (Fsp3) is 0.417. The molecular formula is C12H15NO2. The number of benzene rings is 1. The van der Waals surface area contributed by atoms with Crippen molar-refractivity contribution in [2.45, 2.75) is 18.8 Å². The van der Waals surface area contributed by atoms with E-state index in [1.807, 2.05) is 31.2 Å². The van der Waals surface area contributed by atoms with Crippen LogP contribution in [0.15, 0.2) is 24.3 Å². The molecule has 0 spiro atoms. The molecule has 0 radical (unpaired) electrons. The van der Waals surface area contributed by atoms with Gasteiger partial charge in [-0.1, -0.05) is 18.2 Å². The average Bonchev–Trinajstić information content (AvgIpc) is 2.43. The molecule has 0 unspecified atom stereocenters. The van der Waals surface area contributed by atoms with E-state index in [0.717, 1.165) is 11.3 Å². The van der Waals surface area contributed by atoms with Gasteiger partial charge in [-0.05, 0) is 25.0 Å². The van der Waals surface area contributed by atoms with Crippen LogP contribution in [0.3, 0.4) is 0 Å². The molecule has 15 heavy (non-hydrogen) atoms. The second kappa shape index (κ2) is 3.35. The Labute approximate surface area is 89.3 Å². The number of nitrogens with zero attached hydrogens (tertiary/aromatic N) is 1. The van der Waals surface area contributed by atoms with Crippen molar-refractivity contribution >= 4 is 11.6 Å². The number of anilines is 1. The molecule has 1 aromatic rings. The fourth-order valence-corrected chi connectivity index (χ4v) is 2.29. The number of aliphatic hydroxyl groups is 1. The number of fused-ring (bicyclic) bond motifs is 1. The maximum absolute atomic E-state index is 12.1. The first-order valence-corrected chi connectivity index (χ1v) is 5.10. The van der Waals surface area contributed by atoms with Gasteiger partial charge < -0.3 is 10.0 Å². The predicted octanol–water partition coefficient (Wildman–Crippen LogP) is 1.30. The molecule has 0 fully saturated rings. The van der Waals surface area contributed by atoms with Crippen LogP contribution in [-0.2, 0) is 10.2 Å². The first kappa shape index (κ1) is 10.2. The van der Waals surface area contributed by atoms with Crippen LogP contribution in [-0.4, -0.2) is 24.7 Å². The zero-order chi connectivity index (χ0) is 11.1. The summed E-state index contributed by atoms with van der Waals surface area (Å²) in [4.78, 5) is 13.8. The van der Waals surface area contributed by atoms with Gasteiger partial charge in [0.05, 0.1) is 5.41 Å². The van der Waals surface area contributed by atoms with Gasteiger partial charge in [0.1, 0.15) is 0 Å². The Morgan fingerprint density at radius 3 is 2.73 bits per heavy atom. The molecule has 3 nitrogen and oxygen atoms in total. The summed E-state index contributed by atoms with van der Waals surface area (Å²) in [6.07, 6.45) is 0.479. The smallest absolute Gasteiger partial charge is 0.237 e. The van der Waals surface area contributed by atoms with Crippen LogP contribution >= 0.6 is 0 Å². The zero-order valence-electron chi connectivity index (χ0n) is 9.03. The van der Waals surface area contributed by atoms with Crippen molar-refractivity contribution in [2.75, 3.05) is 18.6 Å². The van der Waals surface area contributed by atoms with Gasteiger partial charge in [-0.2, -0.15) is 0 Å². The SMILES string of the molecule is CN1C(=O)[C@@](C)(CCO)c2ccccc21. The van der Waals surface area contributed by atoms with Gasteiger partial charge in [-0.25, -0.2) is 0 Å². The van der Waals surface area contributed by atoms with Gasteiger partial charge >= 0.3 is 0 Å². The molecule has 0 aromatic heterocycles. The van der Waals surface area contributed by atoms with E-state index in [9.17, 15) is 4.79 Å². The zero-order valence-corrected chi connectivity index (χ0v) is 9.03. The fourth-order valence-electron chi connectivity index (χ4n) is 2.29. The number of carbonyl (C=O) groups is 1. The van der Waals surface area contributed by atoms with Crippen molar-refractivity contribution in [1.29, 1.82) is 0 Å². The highest BCUT2D eigenvalue weighted by molar-refractivity contribution is 6.07. The molecule has 1 atom stereocenters. The molecular weight excluding hydrogens is 190 g/mol. The maximum Gasteiger partial charge on any atom is 0.237 e. The number of para-hydroxylation sites is 1. The summed E-state index contributed by atoms with van der Waals surface area (Å²) in [5.74, 6) is 0.0674. The highest BCUT2D eigenvalue weighted by Crippen LogP contribution is 2.42. The average molecular weight is 205 g/mol. The molecule has 1 aromatic carbocycles. The van der Waals surface area contributed by atoms with E-state index >= 15 is 0 Å². The van der Waals surface area contributed by atoms with Crippen LogP contribution in [0.1, 0.15) is 18.9 Å². The standard InChI is InChI=1S/C12H15NO2/c1-12(7-8-14)9-5-3-4-6-10(9)13(2)11(12)15/h3-6,14H,7-8H2,1-2H3/t12-/m0/s1. The third kappa shape index (κ3) is 1.27. The Morgan fingerprint density at radius 1 is 1.40 bits per heavy atom. The molecule has 1 amide bonds. The van der Waals surface area contributed by atoms with Crippen molar-refractivity contribution in [2.24, 2.45) is 0 Å². The summed E-state index contributed by atoms with van der Waals surface area (Å²) in [6.45, 7) is 1.93. The molecule has 1 aliphatic rings. The Balaban J connectivity index is 2.55. The lowest BCUT2D eigenvalue weighted by molar-refractivity contribution is -0.122. The van der Waals surface area contributed by atoms with Crippen LogP contribution < -0.4 is 4.90 Å². The summed E-state index contributed by atoms with van der Waals surface area (Å²) in [6, 6.07) is 7.76. The molecule has 3 heteroatoms. The molecule has 0 bridgehead atoms. The van der Waals surface area contributed by atoms with Crippen molar-refractivity contribution in [3.8, 4) is 0 Å². The molecule has 0 saturated heterocycles. The third-order valence-corrected chi connectivity index (χ3v) is 3.25. The molecule has 1 heterocycles. The van der Waals surface area contributed by atoms with Gasteiger partial charge in [0.15, 0.2) is 0 Å². The molecule has 1 aliphatic heterocycles. The lowest BCUT2D eigenvalue weighted by atomic mass is 9.81. The lowest BCUT2D eigenvalue weighted by Gasteiger charge is -2.21. The monoisotopic (exact) mass is 205 g/mol. The Kier molecular flexibility index (Phi) is 2.27. The summed E-state index contributed by atoms with van der Waals surface area (Å²) in [5.41, 5.74) is 1.42. The van der Waals surface area contributed by atoms with Crippen molar-refractivity contribution in [3.63, 3.8) is 0 Å². The number of aliphatic hydroxyl groups excluding tert-OH is 1. The van der Waals surface area contributed by atoms with Crippen LogP contribution in [0.25, 0.3) is 0 Å². The Hall–Kier alpha value is -1.35. The second-order valence-corrected chi connectivity index (χ2v) is 4.19. The van der Waals surface area contributed by atoms with E-state index in [-0.39, 0.29) is 12.5 Å².